The van der Waals surface area contributed by atoms with Gasteiger partial charge in [-0.25, -0.2) is 0 Å². The van der Waals surface area contributed by atoms with Crippen LogP contribution in [0.25, 0.3) is 0 Å². The highest BCUT2D eigenvalue weighted by atomic mass is 32.2. The molecule has 0 aromatic heterocycles. The van der Waals surface area contributed by atoms with Crippen LogP contribution >= 0.6 is 11.8 Å². The number of ether oxygens (including phenoxy) is 1. The highest BCUT2D eigenvalue weighted by molar-refractivity contribution is 8.15. The van der Waals surface area contributed by atoms with Gasteiger partial charge in [-0.05, 0) is 37.6 Å². The number of amidine groups is 1. The van der Waals surface area contributed by atoms with Crippen LogP contribution in [0.4, 0.5) is 5.69 Å². The summed E-state index contributed by atoms with van der Waals surface area (Å²) in [5, 5.41) is 13.5. The third kappa shape index (κ3) is 5.90. The molecule has 2 rings (SSSR count). The van der Waals surface area contributed by atoms with Crippen LogP contribution in [-0.4, -0.2) is 35.1 Å². The zero-order chi connectivity index (χ0) is 18.2. The maximum atomic E-state index is 12.1. The number of hydrogen-bond acceptors (Lipinski definition) is 6. The second kappa shape index (κ2) is 9.22. The number of thioether (sulfide) groups is 1. The van der Waals surface area contributed by atoms with Gasteiger partial charge in [0.1, 0.15) is 11.0 Å². The average molecular weight is 362 g/mol. The molecule has 0 radical (unpaired) electrons. The fourth-order valence-electron chi connectivity index (χ4n) is 2.18. The topological polar surface area (TPSA) is 92.2 Å². The zero-order valence-corrected chi connectivity index (χ0v) is 15.4. The molecule has 1 atom stereocenters. The Morgan fingerprint density at radius 1 is 1.36 bits per heavy atom. The van der Waals surface area contributed by atoms with Crippen molar-refractivity contribution in [3.63, 3.8) is 0 Å². The summed E-state index contributed by atoms with van der Waals surface area (Å²) in [6.45, 7) is 3.96. The Morgan fingerprint density at radius 2 is 2.08 bits per heavy atom. The summed E-state index contributed by atoms with van der Waals surface area (Å²) < 4.78 is 5.07. The minimum absolute atomic E-state index is 0.0687. The maximum Gasteiger partial charge on any atom is 0.240 e. The van der Waals surface area contributed by atoms with Crippen LogP contribution < -0.4 is 15.4 Å². The van der Waals surface area contributed by atoms with E-state index >= 15 is 0 Å². The smallest absolute Gasteiger partial charge is 0.240 e. The lowest BCUT2D eigenvalue weighted by atomic mass is 10.2. The Hall–Kier alpha value is -2.35. The van der Waals surface area contributed by atoms with Crippen LogP contribution in [0.2, 0.25) is 0 Å². The molecule has 7 nitrogen and oxygen atoms in total. The maximum absolute atomic E-state index is 12.1. The second-order valence-electron chi connectivity index (χ2n) is 5.57. The third-order valence-corrected chi connectivity index (χ3v) is 4.52. The molecule has 1 aromatic carbocycles. The quantitative estimate of drug-likeness (QED) is 0.576. The molecule has 25 heavy (non-hydrogen) atoms. The first-order chi connectivity index (χ1) is 12.0. The van der Waals surface area contributed by atoms with E-state index in [1.54, 1.807) is 31.4 Å². The Labute approximate surface area is 151 Å². The van der Waals surface area contributed by atoms with E-state index in [0.717, 1.165) is 18.6 Å². The number of benzene rings is 1. The Bertz CT molecular complexity index is 686. The molecular weight excluding hydrogens is 340 g/mol. The molecule has 1 heterocycles. The predicted octanol–water partition coefficient (Wildman–Crippen LogP) is 2.79. The van der Waals surface area contributed by atoms with E-state index in [2.05, 4.69) is 27.8 Å². The summed E-state index contributed by atoms with van der Waals surface area (Å²) in [5.41, 5.74) is 1.56. The van der Waals surface area contributed by atoms with Gasteiger partial charge >= 0.3 is 0 Å². The van der Waals surface area contributed by atoms with Gasteiger partial charge in [-0.3, -0.25) is 9.59 Å². The normalized spacial score (nSPS) is 19.0. The minimum atomic E-state index is -0.501. The average Bonchev–Trinajstić information content (AvgIpc) is 2.93. The van der Waals surface area contributed by atoms with Crippen molar-refractivity contribution in [1.82, 2.24) is 5.32 Å². The van der Waals surface area contributed by atoms with E-state index < -0.39 is 5.25 Å². The van der Waals surface area contributed by atoms with E-state index in [-0.39, 0.29) is 18.2 Å². The first-order valence-electron chi connectivity index (χ1n) is 8.04. The van der Waals surface area contributed by atoms with E-state index in [4.69, 9.17) is 4.74 Å². The van der Waals surface area contributed by atoms with Gasteiger partial charge in [-0.15, -0.1) is 5.10 Å². The molecule has 8 heteroatoms. The number of nitrogens with zero attached hydrogens (tertiary/aromatic N) is 2. The van der Waals surface area contributed by atoms with Crippen molar-refractivity contribution in [2.24, 2.45) is 10.2 Å². The van der Waals surface area contributed by atoms with Crippen LogP contribution in [0, 0.1) is 0 Å². The van der Waals surface area contributed by atoms with Gasteiger partial charge in [0, 0.05) is 17.8 Å². The monoisotopic (exact) mass is 362 g/mol. The summed E-state index contributed by atoms with van der Waals surface area (Å²) in [4.78, 5) is 24.1. The predicted molar refractivity (Wildman–Crippen MR) is 101 cm³/mol. The van der Waals surface area contributed by atoms with Crippen molar-refractivity contribution >= 4 is 40.1 Å². The fourth-order valence-corrected chi connectivity index (χ4v) is 3.10. The molecule has 0 saturated carbocycles. The minimum Gasteiger partial charge on any atom is -0.497 e. The Balaban J connectivity index is 1.89. The van der Waals surface area contributed by atoms with Crippen LogP contribution in [0.1, 0.15) is 33.1 Å². The molecule has 0 bridgehead atoms. The lowest BCUT2D eigenvalue weighted by molar-refractivity contribution is -0.122. The van der Waals surface area contributed by atoms with Gasteiger partial charge in [-0.2, -0.15) is 5.10 Å². The van der Waals surface area contributed by atoms with Crippen LogP contribution in [0.15, 0.2) is 34.5 Å². The SMILES string of the molecule is CCCC(C)=NN=C1NC(=O)[C@H](CC(=O)Nc2ccc(OC)cc2)S1. The molecule has 2 N–H and O–H groups in total. The molecule has 1 aliphatic heterocycles. The first kappa shape index (κ1) is 19.0. The molecule has 1 saturated heterocycles. The molecule has 1 aromatic rings. The highest BCUT2D eigenvalue weighted by Crippen LogP contribution is 2.23. The Kier molecular flexibility index (Phi) is 7.00. The van der Waals surface area contributed by atoms with Crippen molar-refractivity contribution < 1.29 is 14.3 Å². The standard InChI is InChI=1S/C17H22N4O3S/c1-4-5-11(2)20-21-17-19-16(23)14(25-17)10-15(22)18-12-6-8-13(24-3)9-7-12/h6-9,14H,4-5,10H2,1-3H3,(H,18,22)(H,19,21,23)/t14-/m0/s1. The van der Waals surface area contributed by atoms with Crippen molar-refractivity contribution in [1.29, 1.82) is 0 Å². The molecule has 0 unspecified atom stereocenters. The Morgan fingerprint density at radius 3 is 2.72 bits per heavy atom. The molecule has 2 amide bonds. The number of carbonyl (C=O) groups is 2. The van der Waals surface area contributed by atoms with E-state index in [9.17, 15) is 9.59 Å². The number of amides is 2. The van der Waals surface area contributed by atoms with Crippen molar-refractivity contribution in [3.8, 4) is 5.75 Å². The largest absolute Gasteiger partial charge is 0.497 e. The molecule has 1 fully saturated rings. The highest BCUT2D eigenvalue weighted by Gasteiger charge is 2.32. The van der Waals surface area contributed by atoms with E-state index in [1.807, 2.05) is 6.92 Å². The number of carbonyl (C=O) groups excluding carboxylic acids is 2. The molecule has 1 aliphatic rings. The van der Waals surface area contributed by atoms with Gasteiger partial charge in [0.15, 0.2) is 5.17 Å². The van der Waals surface area contributed by atoms with Crippen LogP contribution in [0.3, 0.4) is 0 Å². The van der Waals surface area contributed by atoms with Crippen molar-refractivity contribution in [2.75, 3.05) is 12.4 Å². The van der Waals surface area contributed by atoms with E-state index in [1.165, 1.54) is 11.8 Å². The fraction of sp³-hybridized carbons (Fsp3) is 0.412. The van der Waals surface area contributed by atoms with Gasteiger partial charge in [-0.1, -0.05) is 25.1 Å². The number of hydrogen-bond donors (Lipinski definition) is 2. The molecule has 0 spiro atoms. The van der Waals surface area contributed by atoms with Gasteiger partial charge < -0.3 is 15.4 Å². The van der Waals surface area contributed by atoms with Crippen molar-refractivity contribution in [2.45, 2.75) is 38.4 Å². The van der Waals surface area contributed by atoms with Gasteiger partial charge in [0.2, 0.25) is 11.8 Å². The molecular formula is C17H22N4O3S. The second-order valence-corrected chi connectivity index (χ2v) is 6.76. The summed E-state index contributed by atoms with van der Waals surface area (Å²) >= 11 is 1.23. The van der Waals surface area contributed by atoms with Crippen LogP contribution in [0.5, 0.6) is 5.75 Å². The van der Waals surface area contributed by atoms with Crippen molar-refractivity contribution in [3.05, 3.63) is 24.3 Å². The summed E-state index contributed by atoms with van der Waals surface area (Å²) in [7, 11) is 1.58. The van der Waals surface area contributed by atoms with Crippen LogP contribution in [-0.2, 0) is 9.59 Å². The molecule has 0 aliphatic carbocycles. The molecule has 134 valence electrons. The lowest BCUT2D eigenvalue weighted by Gasteiger charge is -2.08. The lowest BCUT2D eigenvalue weighted by Crippen LogP contribution is -2.28. The number of anilines is 1. The number of methoxy groups -OCH3 is 1. The summed E-state index contributed by atoms with van der Waals surface area (Å²) in [6.07, 6.45) is 1.93. The summed E-state index contributed by atoms with van der Waals surface area (Å²) in [6, 6.07) is 7.01. The third-order valence-electron chi connectivity index (χ3n) is 3.44. The number of rotatable bonds is 7. The van der Waals surface area contributed by atoms with Gasteiger partial charge in [0.05, 0.1) is 7.11 Å². The number of nitrogens with one attached hydrogen (secondary N) is 2. The zero-order valence-electron chi connectivity index (χ0n) is 14.5. The summed E-state index contributed by atoms with van der Waals surface area (Å²) in [5.74, 6) is 0.255. The van der Waals surface area contributed by atoms with Gasteiger partial charge in [0.25, 0.3) is 0 Å². The van der Waals surface area contributed by atoms with E-state index in [0.29, 0.717) is 16.6 Å². The first-order valence-corrected chi connectivity index (χ1v) is 8.92.